The Morgan fingerprint density at radius 2 is 2.29 bits per heavy atom. The second kappa shape index (κ2) is 3.19. The molecule has 2 aliphatic heterocycles. The van der Waals surface area contributed by atoms with Crippen molar-refractivity contribution in [2.75, 3.05) is 7.11 Å². The van der Waals surface area contributed by atoms with Crippen LogP contribution in [0.25, 0.3) is 0 Å². The molecule has 0 amide bonds. The Morgan fingerprint density at radius 1 is 1.36 bits per heavy atom. The highest BCUT2D eigenvalue weighted by molar-refractivity contribution is 5.35. The SMILES string of the molecule is CO[C@H]1CCC2=C1[C@@H]1C=C[C@H](C2)OO1. The smallest absolute Gasteiger partial charge is 0.135 e. The summed E-state index contributed by atoms with van der Waals surface area (Å²) in [5.41, 5.74) is 2.79. The van der Waals surface area contributed by atoms with E-state index in [2.05, 4.69) is 12.2 Å². The first-order valence-corrected chi connectivity index (χ1v) is 5.13. The monoisotopic (exact) mass is 194 g/mol. The van der Waals surface area contributed by atoms with Crippen molar-refractivity contribution in [3.63, 3.8) is 0 Å². The van der Waals surface area contributed by atoms with E-state index in [0.717, 1.165) is 19.3 Å². The van der Waals surface area contributed by atoms with Gasteiger partial charge in [0.15, 0.2) is 0 Å². The van der Waals surface area contributed by atoms with Crippen molar-refractivity contribution < 1.29 is 14.5 Å². The van der Waals surface area contributed by atoms with E-state index >= 15 is 0 Å². The lowest BCUT2D eigenvalue weighted by atomic mass is 10.0. The maximum Gasteiger partial charge on any atom is 0.135 e. The van der Waals surface area contributed by atoms with Gasteiger partial charge in [-0.15, -0.1) is 0 Å². The molecule has 0 fully saturated rings. The highest BCUT2D eigenvalue weighted by Gasteiger charge is 2.37. The molecule has 0 spiro atoms. The average molecular weight is 194 g/mol. The van der Waals surface area contributed by atoms with Gasteiger partial charge in [0.2, 0.25) is 0 Å². The number of rotatable bonds is 1. The third-order valence-electron chi connectivity index (χ3n) is 3.29. The van der Waals surface area contributed by atoms with Gasteiger partial charge >= 0.3 is 0 Å². The van der Waals surface area contributed by atoms with Crippen molar-refractivity contribution in [2.45, 2.75) is 37.6 Å². The molecule has 0 aromatic heterocycles. The Morgan fingerprint density at radius 3 is 3.00 bits per heavy atom. The number of ether oxygens (including phenoxy) is 1. The van der Waals surface area contributed by atoms with Gasteiger partial charge < -0.3 is 4.74 Å². The van der Waals surface area contributed by atoms with Gasteiger partial charge in [0.1, 0.15) is 12.2 Å². The highest BCUT2D eigenvalue weighted by atomic mass is 17.2. The standard InChI is InChI=1S/C11H14O3/c1-12-9-4-2-7-6-8-3-5-10(11(7)9)14-13-8/h3,5,8-10H,2,4,6H2,1H3/t8-,9+,10+/m1/s1. The number of hydrogen-bond donors (Lipinski definition) is 0. The van der Waals surface area contributed by atoms with Crippen LogP contribution in [0.3, 0.4) is 0 Å². The maximum absolute atomic E-state index is 5.46. The fraction of sp³-hybridized carbons (Fsp3) is 0.636. The lowest BCUT2D eigenvalue weighted by Gasteiger charge is -2.22. The van der Waals surface area contributed by atoms with E-state index in [1.807, 2.05) is 0 Å². The molecule has 2 bridgehead atoms. The lowest BCUT2D eigenvalue weighted by molar-refractivity contribution is -0.330. The molecule has 76 valence electrons. The zero-order valence-corrected chi connectivity index (χ0v) is 8.23. The normalized spacial score (nSPS) is 40.2. The molecular formula is C11H14O3. The molecule has 0 saturated heterocycles. The van der Waals surface area contributed by atoms with Gasteiger partial charge in [-0.05, 0) is 24.5 Å². The van der Waals surface area contributed by atoms with Crippen LogP contribution in [0.15, 0.2) is 23.3 Å². The lowest BCUT2D eigenvalue weighted by Crippen LogP contribution is -2.25. The molecule has 2 heterocycles. The first-order valence-electron chi connectivity index (χ1n) is 5.13. The Hall–Kier alpha value is -0.640. The van der Waals surface area contributed by atoms with E-state index < -0.39 is 0 Å². The first kappa shape index (κ1) is 8.65. The van der Waals surface area contributed by atoms with Gasteiger partial charge in [-0.25, -0.2) is 9.78 Å². The predicted octanol–water partition coefficient (Wildman–Crippen LogP) is 1.75. The molecule has 3 atom stereocenters. The van der Waals surface area contributed by atoms with E-state index in [0.29, 0.717) is 0 Å². The largest absolute Gasteiger partial charge is 0.377 e. The van der Waals surface area contributed by atoms with Crippen molar-refractivity contribution in [1.29, 1.82) is 0 Å². The second-order valence-electron chi connectivity index (χ2n) is 4.06. The van der Waals surface area contributed by atoms with Crippen LogP contribution in [0.1, 0.15) is 19.3 Å². The van der Waals surface area contributed by atoms with Gasteiger partial charge in [0, 0.05) is 13.5 Å². The number of hydrogen-bond acceptors (Lipinski definition) is 3. The molecule has 0 radical (unpaired) electrons. The van der Waals surface area contributed by atoms with Crippen molar-refractivity contribution in [2.24, 2.45) is 0 Å². The summed E-state index contributed by atoms with van der Waals surface area (Å²) in [5.74, 6) is 0. The van der Waals surface area contributed by atoms with Crippen LogP contribution in [0.5, 0.6) is 0 Å². The quantitative estimate of drug-likeness (QED) is 0.470. The molecule has 2 aliphatic carbocycles. The summed E-state index contributed by atoms with van der Waals surface area (Å²) >= 11 is 0. The Kier molecular flexibility index (Phi) is 1.97. The second-order valence-corrected chi connectivity index (χ2v) is 4.06. The summed E-state index contributed by atoms with van der Waals surface area (Å²) in [6.07, 6.45) is 7.75. The van der Waals surface area contributed by atoms with Crippen LogP contribution >= 0.6 is 0 Å². The van der Waals surface area contributed by atoms with Crippen molar-refractivity contribution in [1.82, 2.24) is 0 Å². The summed E-state index contributed by atoms with van der Waals surface area (Å²) in [5, 5.41) is 0. The van der Waals surface area contributed by atoms with Crippen LogP contribution in [0.2, 0.25) is 0 Å². The molecule has 0 saturated carbocycles. The first-order chi connectivity index (χ1) is 6.88. The molecule has 3 nitrogen and oxygen atoms in total. The van der Waals surface area contributed by atoms with Gasteiger partial charge in [-0.3, -0.25) is 0 Å². The zero-order chi connectivity index (χ0) is 9.54. The fourth-order valence-electron chi connectivity index (χ4n) is 2.60. The van der Waals surface area contributed by atoms with Crippen LogP contribution in [0.4, 0.5) is 0 Å². The van der Waals surface area contributed by atoms with Crippen LogP contribution in [-0.4, -0.2) is 25.4 Å². The molecule has 0 unspecified atom stereocenters. The van der Waals surface area contributed by atoms with E-state index in [9.17, 15) is 0 Å². The van der Waals surface area contributed by atoms with Crippen molar-refractivity contribution >= 4 is 0 Å². The minimum Gasteiger partial charge on any atom is -0.377 e. The molecule has 14 heavy (non-hydrogen) atoms. The minimum atomic E-state index is -0.00352. The third-order valence-corrected chi connectivity index (χ3v) is 3.29. The minimum absolute atomic E-state index is 0.00352. The van der Waals surface area contributed by atoms with Crippen LogP contribution < -0.4 is 0 Å². The topological polar surface area (TPSA) is 27.7 Å². The van der Waals surface area contributed by atoms with Gasteiger partial charge in [0.25, 0.3) is 0 Å². The Labute approximate surface area is 83.3 Å². The fourth-order valence-corrected chi connectivity index (χ4v) is 2.60. The molecule has 0 aromatic carbocycles. The molecule has 0 N–H and O–H groups in total. The Balaban J connectivity index is 1.98. The summed E-state index contributed by atoms with van der Waals surface area (Å²) in [6, 6.07) is 0. The molecule has 0 aromatic rings. The molecule has 3 heteroatoms. The van der Waals surface area contributed by atoms with Crippen molar-refractivity contribution in [3.05, 3.63) is 23.3 Å². The molecule has 4 aliphatic rings. The molecule has 4 rings (SSSR count). The highest BCUT2D eigenvalue weighted by Crippen LogP contribution is 2.39. The van der Waals surface area contributed by atoms with Gasteiger partial charge in [-0.1, -0.05) is 11.6 Å². The zero-order valence-electron chi connectivity index (χ0n) is 8.23. The van der Waals surface area contributed by atoms with Gasteiger partial charge in [0.05, 0.1) is 6.10 Å². The number of methoxy groups -OCH3 is 1. The maximum atomic E-state index is 5.46. The van der Waals surface area contributed by atoms with Crippen LogP contribution in [-0.2, 0) is 14.5 Å². The van der Waals surface area contributed by atoms with E-state index in [-0.39, 0.29) is 18.3 Å². The van der Waals surface area contributed by atoms with E-state index in [4.69, 9.17) is 14.5 Å². The molecular weight excluding hydrogens is 180 g/mol. The van der Waals surface area contributed by atoms with Crippen molar-refractivity contribution in [3.8, 4) is 0 Å². The van der Waals surface area contributed by atoms with Crippen LogP contribution in [0, 0.1) is 0 Å². The van der Waals surface area contributed by atoms with Gasteiger partial charge in [-0.2, -0.15) is 0 Å². The Bertz CT molecular complexity index is 306. The van der Waals surface area contributed by atoms with E-state index in [1.165, 1.54) is 11.1 Å². The summed E-state index contributed by atoms with van der Waals surface area (Å²) < 4.78 is 5.46. The third kappa shape index (κ3) is 1.16. The summed E-state index contributed by atoms with van der Waals surface area (Å²) in [6.45, 7) is 0. The average Bonchev–Trinajstić information content (AvgIpc) is 2.46. The predicted molar refractivity (Wildman–Crippen MR) is 50.6 cm³/mol. The van der Waals surface area contributed by atoms with E-state index in [1.54, 1.807) is 7.11 Å². The summed E-state index contributed by atoms with van der Waals surface area (Å²) in [7, 11) is 1.77. The summed E-state index contributed by atoms with van der Waals surface area (Å²) in [4.78, 5) is 10.6. The number of fused-ring (bicyclic) bond motifs is 1.